The molecule has 0 aliphatic carbocycles. The Bertz CT molecular complexity index is 1060. The number of carbonyl (C=O) groups is 5. The third-order valence-electron chi connectivity index (χ3n) is 7.68. The second kappa shape index (κ2) is 22.3. The molecule has 0 spiro atoms. The van der Waals surface area contributed by atoms with Crippen molar-refractivity contribution in [1.82, 2.24) is 31.5 Å². The van der Waals surface area contributed by atoms with E-state index in [-0.39, 0.29) is 50.3 Å². The molecular weight excluding hydrogens is 614 g/mol. The summed E-state index contributed by atoms with van der Waals surface area (Å²) in [6.45, 7) is 1.50. The number of nitrogens with zero attached hydrogens (tertiary/aromatic N) is 1. The Morgan fingerprint density at radius 2 is 1.30 bits per heavy atom. The number of carboxylic acid groups (broad SMARTS) is 1. The summed E-state index contributed by atoms with van der Waals surface area (Å²) in [6.07, 6.45) is 4.69. The highest BCUT2D eigenvalue weighted by atomic mass is 16.4. The molecule has 0 aromatic carbocycles. The molecule has 0 bridgehead atoms. The quantitative estimate of drug-likeness (QED) is 0.0283. The molecule has 1 rings (SSSR count). The standard InChI is InChI=1S/C28H55N13O6/c29-12-11-19(25(45)41-16-6-10-21(41)24(44)40-20(26(46)47)9-5-15-38-28(34)35)39-23(43)18(31)8-1-3-13-36-22(42)17(30)7-2-4-14-37-27(32)33/h17-21H,1-16,29-31H2,(H,36,42)(H,39,43)(H,40,44)(H,46,47)(H4,32,33,37)(H4,34,35,38)/t17?,18-,19?,20?,21?/m0/s1. The Kier molecular flexibility index (Phi) is 19.4. The van der Waals surface area contributed by atoms with E-state index in [0.717, 1.165) is 6.42 Å². The van der Waals surface area contributed by atoms with Crippen molar-refractivity contribution in [1.29, 1.82) is 10.8 Å². The first-order chi connectivity index (χ1) is 22.3. The maximum atomic E-state index is 13.5. The molecule has 4 unspecified atom stereocenters. The van der Waals surface area contributed by atoms with Crippen molar-refractivity contribution in [2.45, 2.75) is 101 Å². The number of nitrogens with two attached hydrogens (primary N) is 5. The molecule has 0 radical (unpaired) electrons. The molecule has 0 aromatic heterocycles. The second-order valence-corrected chi connectivity index (χ2v) is 11.5. The van der Waals surface area contributed by atoms with Gasteiger partial charge in [-0.1, -0.05) is 0 Å². The lowest BCUT2D eigenvalue weighted by atomic mass is 10.1. The van der Waals surface area contributed by atoms with Crippen LogP contribution in [0.25, 0.3) is 0 Å². The lowest BCUT2D eigenvalue weighted by Gasteiger charge is -2.30. The van der Waals surface area contributed by atoms with Crippen LogP contribution in [0.3, 0.4) is 0 Å². The van der Waals surface area contributed by atoms with E-state index in [2.05, 4.69) is 26.6 Å². The van der Waals surface area contributed by atoms with Crippen LogP contribution in [0.2, 0.25) is 0 Å². The van der Waals surface area contributed by atoms with Gasteiger partial charge in [-0.3, -0.25) is 30.0 Å². The normalized spacial score (nSPS) is 16.7. The highest BCUT2D eigenvalue weighted by Gasteiger charge is 2.38. The minimum Gasteiger partial charge on any atom is -0.480 e. The van der Waals surface area contributed by atoms with Crippen LogP contribution in [0.1, 0.15) is 70.6 Å². The largest absolute Gasteiger partial charge is 0.480 e. The first-order valence-electron chi connectivity index (χ1n) is 16.1. The van der Waals surface area contributed by atoms with E-state index in [1.165, 1.54) is 4.90 Å². The summed E-state index contributed by atoms with van der Waals surface area (Å²) in [4.78, 5) is 64.6. The van der Waals surface area contributed by atoms with Crippen LogP contribution in [0, 0.1) is 10.8 Å². The Morgan fingerprint density at radius 1 is 0.745 bits per heavy atom. The summed E-state index contributed by atoms with van der Waals surface area (Å²) < 4.78 is 0. The Hall–Kier alpha value is -4.23. The number of likely N-dealkylation sites (tertiary alicyclic amines) is 1. The average Bonchev–Trinajstić information content (AvgIpc) is 3.51. The van der Waals surface area contributed by atoms with E-state index in [4.69, 9.17) is 39.5 Å². The summed E-state index contributed by atoms with van der Waals surface area (Å²) in [6, 6.07) is -4.69. The zero-order chi connectivity index (χ0) is 35.4. The maximum absolute atomic E-state index is 13.5. The molecule has 4 amide bonds. The van der Waals surface area contributed by atoms with E-state index in [0.29, 0.717) is 64.5 Å². The molecule has 18 N–H and O–H groups in total. The van der Waals surface area contributed by atoms with Gasteiger partial charge in [-0.15, -0.1) is 0 Å². The summed E-state index contributed by atoms with van der Waals surface area (Å²) in [5.74, 6) is -3.50. The molecule has 0 saturated carbocycles. The van der Waals surface area contributed by atoms with E-state index < -0.39 is 53.9 Å². The SMILES string of the molecule is N=C(N)NCCCCC(N)C(=O)NCCCC[C@H](N)C(=O)NC(CCN)C(=O)N1CCCC1C(=O)NC(CCCNC(=N)N)C(=O)O. The highest BCUT2D eigenvalue weighted by Crippen LogP contribution is 2.20. The Morgan fingerprint density at radius 3 is 1.85 bits per heavy atom. The van der Waals surface area contributed by atoms with Gasteiger partial charge in [0.05, 0.1) is 12.1 Å². The van der Waals surface area contributed by atoms with Crippen LogP contribution in [0.5, 0.6) is 0 Å². The summed E-state index contributed by atoms with van der Waals surface area (Å²) in [5, 5.41) is 37.0. The van der Waals surface area contributed by atoms with Gasteiger partial charge < -0.3 is 65.3 Å². The van der Waals surface area contributed by atoms with Crippen molar-refractivity contribution in [2.75, 3.05) is 32.7 Å². The molecular formula is C28H55N13O6. The third-order valence-corrected chi connectivity index (χ3v) is 7.68. The maximum Gasteiger partial charge on any atom is 0.326 e. The van der Waals surface area contributed by atoms with E-state index >= 15 is 0 Å². The Labute approximate surface area is 275 Å². The minimum absolute atomic E-state index is 0.0865. The van der Waals surface area contributed by atoms with E-state index in [1.54, 1.807) is 0 Å². The summed E-state index contributed by atoms with van der Waals surface area (Å²) in [5.41, 5.74) is 28.2. The predicted octanol–water partition coefficient (Wildman–Crippen LogP) is -3.76. The lowest BCUT2D eigenvalue weighted by Crippen LogP contribution is -2.57. The van der Waals surface area contributed by atoms with E-state index in [9.17, 15) is 29.1 Å². The van der Waals surface area contributed by atoms with Crippen molar-refractivity contribution in [3.05, 3.63) is 0 Å². The number of hydrogen-bond donors (Lipinski definition) is 13. The molecule has 1 aliphatic rings. The van der Waals surface area contributed by atoms with Gasteiger partial charge in [-0.05, 0) is 77.2 Å². The second-order valence-electron chi connectivity index (χ2n) is 11.5. The Balaban J connectivity index is 2.55. The highest BCUT2D eigenvalue weighted by molar-refractivity contribution is 5.94. The van der Waals surface area contributed by atoms with E-state index in [1.807, 2.05) is 0 Å². The van der Waals surface area contributed by atoms with Crippen LogP contribution in [0.4, 0.5) is 0 Å². The number of unbranched alkanes of at least 4 members (excludes halogenated alkanes) is 2. The molecule has 47 heavy (non-hydrogen) atoms. The predicted molar refractivity (Wildman–Crippen MR) is 176 cm³/mol. The molecule has 5 atom stereocenters. The first kappa shape index (κ1) is 40.8. The number of carbonyl (C=O) groups excluding carboxylic acids is 4. The number of nitrogens with one attached hydrogen (secondary N) is 7. The summed E-state index contributed by atoms with van der Waals surface area (Å²) in [7, 11) is 0. The fourth-order valence-corrected chi connectivity index (χ4v) is 5.07. The molecule has 1 saturated heterocycles. The average molecular weight is 670 g/mol. The molecule has 19 heteroatoms. The monoisotopic (exact) mass is 669 g/mol. The number of hydrogen-bond acceptors (Lipinski definition) is 10. The molecule has 268 valence electrons. The molecule has 0 aromatic rings. The van der Waals surface area contributed by atoms with Crippen LogP contribution in [-0.4, -0.2) is 114 Å². The number of carboxylic acids is 1. The number of guanidine groups is 2. The molecule has 1 heterocycles. The minimum atomic E-state index is -1.23. The molecule has 19 nitrogen and oxygen atoms in total. The number of aliphatic carboxylic acids is 1. The van der Waals surface area contributed by atoms with Gasteiger partial charge in [0.1, 0.15) is 18.1 Å². The van der Waals surface area contributed by atoms with Gasteiger partial charge in [-0.2, -0.15) is 0 Å². The van der Waals surface area contributed by atoms with Crippen molar-refractivity contribution >= 4 is 41.5 Å². The molecule has 1 aliphatic heterocycles. The van der Waals surface area contributed by atoms with Crippen molar-refractivity contribution in [3.63, 3.8) is 0 Å². The lowest BCUT2D eigenvalue weighted by molar-refractivity contribution is -0.145. The smallest absolute Gasteiger partial charge is 0.326 e. The fourth-order valence-electron chi connectivity index (χ4n) is 5.07. The number of amides is 4. The zero-order valence-electron chi connectivity index (χ0n) is 27.0. The van der Waals surface area contributed by atoms with Gasteiger partial charge in [0, 0.05) is 26.2 Å². The summed E-state index contributed by atoms with van der Waals surface area (Å²) >= 11 is 0. The topological polar surface area (TPSA) is 347 Å². The van der Waals surface area contributed by atoms with Gasteiger partial charge >= 0.3 is 5.97 Å². The van der Waals surface area contributed by atoms with Crippen LogP contribution < -0.4 is 55.3 Å². The van der Waals surface area contributed by atoms with Crippen LogP contribution in [-0.2, 0) is 24.0 Å². The third kappa shape index (κ3) is 16.2. The first-order valence-corrected chi connectivity index (χ1v) is 16.1. The van der Waals surface area contributed by atoms with Crippen molar-refractivity contribution < 1.29 is 29.1 Å². The van der Waals surface area contributed by atoms with Gasteiger partial charge in [-0.25, -0.2) is 4.79 Å². The van der Waals surface area contributed by atoms with Crippen LogP contribution >= 0.6 is 0 Å². The fraction of sp³-hybridized carbons (Fsp3) is 0.750. The van der Waals surface area contributed by atoms with Gasteiger partial charge in [0.15, 0.2) is 11.9 Å². The van der Waals surface area contributed by atoms with Crippen LogP contribution in [0.15, 0.2) is 0 Å². The number of rotatable bonds is 23. The van der Waals surface area contributed by atoms with Crippen molar-refractivity contribution in [3.8, 4) is 0 Å². The zero-order valence-corrected chi connectivity index (χ0v) is 27.0. The van der Waals surface area contributed by atoms with Gasteiger partial charge in [0.2, 0.25) is 23.6 Å². The molecule has 1 fully saturated rings. The van der Waals surface area contributed by atoms with Crippen molar-refractivity contribution in [2.24, 2.45) is 28.7 Å². The van der Waals surface area contributed by atoms with Gasteiger partial charge in [0.25, 0.3) is 0 Å².